The lowest BCUT2D eigenvalue weighted by Crippen LogP contribution is -2.18. The number of hydrogen-bond acceptors (Lipinski definition) is 2. The van der Waals surface area contributed by atoms with Crippen molar-refractivity contribution in [2.75, 3.05) is 13.1 Å². The van der Waals surface area contributed by atoms with Crippen LogP contribution in [0.1, 0.15) is 12.5 Å². The third-order valence-electron chi connectivity index (χ3n) is 2.68. The standard InChI is InChI=1S/C13H15N3/c1-2-15-6-8-16-7-5-12-9-11(10-14)3-4-13(12)16/h3-5,7,9,15H,2,6,8H2,1H3. The third kappa shape index (κ3) is 2.07. The highest BCUT2D eigenvalue weighted by molar-refractivity contribution is 5.81. The van der Waals surface area contributed by atoms with Gasteiger partial charge in [-0.2, -0.15) is 5.26 Å². The van der Waals surface area contributed by atoms with Crippen LogP contribution in [0.3, 0.4) is 0 Å². The predicted molar refractivity (Wildman–Crippen MR) is 65.2 cm³/mol. The molecule has 2 rings (SSSR count). The van der Waals surface area contributed by atoms with Crippen molar-refractivity contribution in [1.82, 2.24) is 9.88 Å². The van der Waals surface area contributed by atoms with E-state index in [0.717, 1.165) is 30.6 Å². The Labute approximate surface area is 95.3 Å². The molecule has 0 spiro atoms. The molecule has 1 aromatic carbocycles. The van der Waals surface area contributed by atoms with Gasteiger partial charge in [0, 0.05) is 30.2 Å². The highest BCUT2D eigenvalue weighted by atomic mass is 15.0. The van der Waals surface area contributed by atoms with E-state index in [4.69, 9.17) is 5.26 Å². The van der Waals surface area contributed by atoms with Crippen LogP contribution in [0.25, 0.3) is 10.9 Å². The number of nitrogens with zero attached hydrogens (tertiary/aromatic N) is 2. The normalized spacial score (nSPS) is 10.5. The van der Waals surface area contributed by atoms with Gasteiger partial charge in [0.15, 0.2) is 0 Å². The summed E-state index contributed by atoms with van der Waals surface area (Å²) in [5.74, 6) is 0. The van der Waals surface area contributed by atoms with Gasteiger partial charge in [0.2, 0.25) is 0 Å². The van der Waals surface area contributed by atoms with Crippen molar-refractivity contribution in [2.24, 2.45) is 0 Å². The predicted octanol–water partition coefficient (Wildman–Crippen LogP) is 2.12. The summed E-state index contributed by atoms with van der Waals surface area (Å²) in [6, 6.07) is 10.0. The topological polar surface area (TPSA) is 40.8 Å². The van der Waals surface area contributed by atoms with E-state index in [1.807, 2.05) is 18.2 Å². The minimum absolute atomic E-state index is 0.719. The van der Waals surface area contributed by atoms with Crippen LogP contribution in [-0.2, 0) is 6.54 Å². The fourth-order valence-corrected chi connectivity index (χ4v) is 1.84. The Morgan fingerprint density at radius 2 is 2.25 bits per heavy atom. The van der Waals surface area contributed by atoms with Crippen molar-refractivity contribution in [3.8, 4) is 6.07 Å². The largest absolute Gasteiger partial charge is 0.346 e. The SMILES string of the molecule is CCNCCn1ccc2cc(C#N)ccc21. The van der Waals surface area contributed by atoms with Gasteiger partial charge in [0.1, 0.15) is 0 Å². The first-order valence-electron chi connectivity index (χ1n) is 5.55. The maximum atomic E-state index is 8.81. The third-order valence-corrected chi connectivity index (χ3v) is 2.68. The van der Waals surface area contributed by atoms with Gasteiger partial charge in [0.05, 0.1) is 11.6 Å². The van der Waals surface area contributed by atoms with E-state index >= 15 is 0 Å². The van der Waals surface area contributed by atoms with Crippen LogP contribution < -0.4 is 5.32 Å². The van der Waals surface area contributed by atoms with Crippen molar-refractivity contribution >= 4 is 10.9 Å². The number of likely N-dealkylation sites (N-methyl/N-ethyl adjacent to an activating group) is 1. The van der Waals surface area contributed by atoms with E-state index < -0.39 is 0 Å². The van der Waals surface area contributed by atoms with Gasteiger partial charge in [-0.05, 0) is 30.8 Å². The highest BCUT2D eigenvalue weighted by Crippen LogP contribution is 2.17. The molecule has 82 valence electrons. The Balaban J connectivity index is 2.25. The second kappa shape index (κ2) is 4.82. The molecule has 0 aliphatic heterocycles. The summed E-state index contributed by atoms with van der Waals surface area (Å²) in [7, 11) is 0. The van der Waals surface area contributed by atoms with Crippen LogP contribution in [0.15, 0.2) is 30.5 Å². The molecule has 0 saturated carbocycles. The number of aromatic nitrogens is 1. The van der Waals surface area contributed by atoms with Crippen LogP contribution in [0.4, 0.5) is 0 Å². The quantitative estimate of drug-likeness (QED) is 0.790. The lowest BCUT2D eigenvalue weighted by molar-refractivity contribution is 0.627. The lowest BCUT2D eigenvalue weighted by atomic mass is 10.2. The van der Waals surface area contributed by atoms with E-state index in [9.17, 15) is 0 Å². The van der Waals surface area contributed by atoms with Crippen LogP contribution >= 0.6 is 0 Å². The smallest absolute Gasteiger partial charge is 0.0991 e. The zero-order valence-corrected chi connectivity index (χ0v) is 9.40. The fraction of sp³-hybridized carbons (Fsp3) is 0.308. The van der Waals surface area contributed by atoms with Crippen molar-refractivity contribution in [3.05, 3.63) is 36.0 Å². The molecule has 3 nitrogen and oxygen atoms in total. The average molecular weight is 213 g/mol. The molecule has 0 fully saturated rings. The van der Waals surface area contributed by atoms with Gasteiger partial charge < -0.3 is 9.88 Å². The summed E-state index contributed by atoms with van der Waals surface area (Å²) < 4.78 is 2.21. The monoisotopic (exact) mass is 213 g/mol. The van der Waals surface area contributed by atoms with E-state index in [1.165, 1.54) is 5.52 Å². The number of benzene rings is 1. The first-order chi connectivity index (χ1) is 7.85. The summed E-state index contributed by atoms with van der Waals surface area (Å²) in [4.78, 5) is 0. The first kappa shape index (κ1) is 10.7. The second-order valence-electron chi connectivity index (χ2n) is 3.75. The number of nitrogens with one attached hydrogen (secondary N) is 1. The molecule has 1 aromatic heterocycles. The Hall–Kier alpha value is -1.79. The Bertz CT molecular complexity index is 519. The van der Waals surface area contributed by atoms with Crippen molar-refractivity contribution in [2.45, 2.75) is 13.5 Å². The van der Waals surface area contributed by atoms with Crippen LogP contribution in [0, 0.1) is 11.3 Å². The van der Waals surface area contributed by atoms with Gasteiger partial charge in [0.25, 0.3) is 0 Å². The Morgan fingerprint density at radius 1 is 1.38 bits per heavy atom. The van der Waals surface area contributed by atoms with Crippen LogP contribution in [0.2, 0.25) is 0 Å². The summed E-state index contributed by atoms with van der Waals surface area (Å²) in [6.45, 7) is 5.04. The zero-order valence-electron chi connectivity index (χ0n) is 9.40. The van der Waals surface area contributed by atoms with E-state index in [1.54, 1.807) is 0 Å². The molecule has 0 amide bonds. The molecule has 3 heteroatoms. The Morgan fingerprint density at radius 3 is 3.00 bits per heavy atom. The molecule has 0 aliphatic rings. The zero-order chi connectivity index (χ0) is 11.4. The summed E-state index contributed by atoms with van der Waals surface area (Å²) in [5.41, 5.74) is 1.91. The maximum absolute atomic E-state index is 8.81. The molecule has 1 N–H and O–H groups in total. The highest BCUT2D eigenvalue weighted by Gasteiger charge is 2.01. The molecule has 0 bridgehead atoms. The van der Waals surface area contributed by atoms with E-state index in [-0.39, 0.29) is 0 Å². The summed E-state index contributed by atoms with van der Waals surface area (Å²) in [6.07, 6.45) is 2.07. The van der Waals surface area contributed by atoms with Crippen LogP contribution in [-0.4, -0.2) is 17.7 Å². The molecular weight excluding hydrogens is 198 g/mol. The number of hydrogen-bond donors (Lipinski definition) is 1. The fourth-order valence-electron chi connectivity index (χ4n) is 1.84. The number of rotatable bonds is 4. The molecular formula is C13H15N3. The van der Waals surface area contributed by atoms with Crippen LogP contribution in [0.5, 0.6) is 0 Å². The van der Waals surface area contributed by atoms with Gasteiger partial charge in [-0.1, -0.05) is 6.92 Å². The summed E-state index contributed by atoms with van der Waals surface area (Å²) in [5, 5.41) is 13.2. The van der Waals surface area contributed by atoms with Gasteiger partial charge in [-0.15, -0.1) is 0 Å². The maximum Gasteiger partial charge on any atom is 0.0991 e. The lowest BCUT2D eigenvalue weighted by Gasteiger charge is -2.05. The van der Waals surface area contributed by atoms with Gasteiger partial charge >= 0.3 is 0 Å². The first-order valence-corrected chi connectivity index (χ1v) is 5.55. The van der Waals surface area contributed by atoms with E-state index in [0.29, 0.717) is 0 Å². The van der Waals surface area contributed by atoms with Crippen molar-refractivity contribution in [3.63, 3.8) is 0 Å². The number of nitriles is 1. The molecule has 1 heterocycles. The second-order valence-corrected chi connectivity index (χ2v) is 3.75. The minimum Gasteiger partial charge on any atom is -0.346 e. The molecule has 2 aromatic rings. The van der Waals surface area contributed by atoms with Gasteiger partial charge in [-0.3, -0.25) is 0 Å². The molecule has 0 radical (unpaired) electrons. The molecule has 0 aliphatic carbocycles. The summed E-state index contributed by atoms with van der Waals surface area (Å²) >= 11 is 0. The Kier molecular flexibility index (Phi) is 3.23. The van der Waals surface area contributed by atoms with Crippen molar-refractivity contribution < 1.29 is 0 Å². The minimum atomic E-state index is 0.719. The number of fused-ring (bicyclic) bond motifs is 1. The molecule has 0 unspecified atom stereocenters. The van der Waals surface area contributed by atoms with Crippen molar-refractivity contribution in [1.29, 1.82) is 5.26 Å². The van der Waals surface area contributed by atoms with E-state index in [2.05, 4.69) is 35.1 Å². The van der Waals surface area contributed by atoms with Gasteiger partial charge in [-0.25, -0.2) is 0 Å². The molecule has 16 heavy (non-hydrogen) atoms. The molecule has 0 atom stereocenters. The molecule has 0 saturated heterocycles. The average Bonchev–Trinajstić information content (AvgIpc) is 2.72.